The lowest BCUT2D eigenvalue weighted by atomic mass is 9.96. The highest BCUT2D eigenvalue weighted by molar-refractivity contribution is 5.94. The number of ether oxygens (including phenoxy) is 3. The molecule has 5 heteroatoms. The Bertz CT molecular complexity index is 424. The third kappa shape index (κ3) is 2.80. The average Bonchev–Trinajstić information content (AvgIpc) is 2.71. The highest BCUT2D eigenvalue weighted by atomic mass is 16.6. The fourth-order valence-corrected chi connectivity index (χ4v) is 2.77. The van der Waals surface area contributed by atoms with Crippen LogP contribution in [0.2, 0.25) is 0 Å². The second-order valence-electron chi connectivity index (χ2n) is 4.68. The van der Waals surface area contributed by atoms with Crippen LogP contribution in [0.3, 0.4) is 0 Å². The Kier molecular flexibility index (Phi) is 4.56. The minimum Gasteiger partial charge on any atom is -0.462 e. The van der Waals surface area contributed by atoms with Crippen molar-refractivity contribution in [1.29, 1.82) is 5.26 Å². The molecule has 0 aromatic heterocycles. The van der Waals surface area contributed by atoms with Gasteiger partial charge in [0.2, 0.25) is 0 Å². The van der Waals surface area contributed by atoms with Crippen LogP contribution in [0, 0.1) is 11.3 Å². The molecule has 2 bridgehead atoms. The molecule has 3 atom stereocenters. The van der Waals surface area contributed by atoms with E-state index in [0.29, 0.717) is 13.0 Å². The van der Waals surface area contributed by atoms with Crippen molar-refractivity contribution in [2.24, 2.45) is 0 Å². The molecular formula is C14H19NO4. The van der Waals surface area contributed by atoms with Crippen LogP contribution < -0.4 is 0 Å². The monoisotopic (exact) mass is 265 g/mol. The van der Waals surface area contributed by atoms with Gasteiger partial charge in [-0.1, -0.05) is 0 Å². The number of hydrogen-bond acceptors (Lipinski definition) is 5. The summed E-state index contributed by atoms with van der Waals surface area (Å²) >= 11 is 0. The zero-order valence-corrected chi connectivity index (χ0v) is 11.3. The summed E-state index contributed by atoms with van der Waals surface area (Å²) in [7, 11) is 0. The van der Waals surface area contributed by atoms with E-state index in [1.54, 1.807) is 6.92 Å². The number of rotatable bonds is 4. The minimum atomic E-state index is -0.552. The summed E-state index contributed by atoms with van der Waals surface area (Å²) in [6.45, 7) is 4.53. The maximum atomic E-state index is 11.8. The summed E-state index contributed by atoms with van der Waals surface area (Å²) in [6.07, 6.45) is 2.25. The van der Waals surface area contributed by atoms with E-state index in [4.69, 9.17) is 14.2 Å². The number of carbonyl (C=O) groups is 1. The third-order valence-corrected chi connectivity index (χ3v) is 3.54. The first-order valence-corrected chi connectivity index (χ1v) is 6.78. The van der Waals surface area contributed by atoms with E-state index < -0.39 is 5.97 Å². The Labute approximate surface area is 113 Å². The van der Waals surface area contributed by atoms with E-state index >= 15 is 0 Å². The molecule has 19 heavy (non-hydrogen) atoms. The maximum Gasteiger partial charge on any atom is 0.348 e. The molecule has 2 fully saturated rings. The van der Waals surface area contributed by atoms with E-state index in [-0.39, 0.29) is 30.5 Å². The van der Waals surface area contributed by atoms with Crippen LogP contribution in [0.25, 0.3) is 0 Å². The Morgan fingerprint density at radius 1 is 1.47 bits per heavy atom. The molecule has 0 amide bonds. The largest absolute Gasteiger partial charge is 0.462 e. The first kappa shape index (κ1) is 14.0. The van der Waals surface area contributed by atoms with E-state index in [1.165, 1.54) is 0 Å². The van der Waals surface area contributed by atoms with Crippen LogP contribution in [-0.4, -0.2) is 37.5 Å². The Morgan fingerprint density at radius 2 is 2.26 bits per heavy atom. The normalized spacial score (nSPS) is 31.7. The highest BCUT2D eigenvalue weighted by Crippen LogP contribution is 2.39. The van der Waals surface area contributed by atoms with Gasteiger partial charge in [-0.3, -0.25) is 0 Å². The summed E-state index contributed by atoms with van der Waals surface area (Å²) in [6, 6.07) is 1.97. The van der Waals surface area contributed by atoms with Crippen molar-refractivity contribution in [3.05, 3.63) is 11.1 Å². The van der Waals surface area contributed by atoms with Gasteiger partial charge in [-0.2, -0.15) is 5.26 Å². The molecule has 104 valence electrons. The van der Waals surface area contributed by atoms with Crippen molar-refractivity contribution in [3.63, 3.8) is 0 Å². The summed E-state index contributed by atoms with van der Waals surface area (Å²) in [5.74, 6) is -0.552. The Balaban J connectivity index is 2.26. The topological polar surface area (TPSA) is 68.6 Å². The lowest BCUT2D eigenvalue weighted by Gasteiger charge is -2.26. The second-order valence-corrected chi connectivity index (χ2v) is 4.68. The fourth-order valence-electron chi connectivity index (χ4n) is 2.77. The van der Waals surface area contributed by atoms with Gasteiger partial charge < -0.3 is 14.2 Å². The molecule has 0 saturated carbocycles. The molecule has 0 unspecified atom stereocenters. The lowest BCUT2D eigenvalue weighted by Crippen LogP contribution is -2.30. The molecular weight excluding hydrogens is 246 g/mol. The van der Waals surface area contributed by atoms with Crippen molar-refractivity contribution in [2.75, 3.05) is 13.2 Å². The zero-order valence-electron chi connectivity index (χ0n) is 11.3. The van der Waals surface area contributed by atoms with E-state index in [0.717, 1.165) is 18.4 Å². The second kappa shape index (κ2) is 6.18. The third-order valence-electron chi connectivity index (χ3n) is 3.54. The van der Waals surface area contributed by atoms with Crippen molar-refractivity contribution in [1.82, 2.24) is 0 Å². The van der Waals surface area contributed by atoms with Gasteiger partial charge in [0.1, 0.15) is 17.7 Å². The molecule has 0 spiro atoms. The first-order valence-electron chi connectivity index (χ1n) is 6.78. The van der Waals surface area contributed by atoms with Crippen molar-refractivity contribution in [3.8, 4) is 6.07 Å². The predicted molar refractivity (Wildman–Crippen MR) is 67.2 cm³/mol. The van der Waals surface area contributed by atoms with Gasteiger partial charge in [0.05, 0.1) is 18.8 Å². The molecule has 0 aliphatic carbocycles. The maximum absolute atomic E-state index is 11.8. The van der Waals surface area contributed by atoms with Gasteiger partial charge in [0.25, 0.3) is 0 Å². The number of esters is 1. The van der Waals surface area contributed by atoms with Crippen LogP contribution in [0.4, 0.5) is 0 Å². The van der Waals surface area contributed by atoms with E-state index in [1.807, 2.05) is 13.0 Å². The number of nitriles is 1. The molecule has 2 rings (SSSR count). The number of hydrogen-bond donors (Lipinski definition) is 0. The minimum absolute atomic E-state index is 0.0507. The Morgan fingerprint density at radius 3 is 2.89 bits per heavy atom. The van der Waals surface area contributed by atoms with Crippen molar-refractivity contribution < 1.29 is 19.0 Å². The highest BCUT2D eigenvalue weighted by Gasteiger charge is 2.43. The van der Waals surface area contributed by atoms with Crippen LogP contribution in [0.5, 0.6) is 0 Å². The molecule has 0 radical (unpaired) electrons. The first-order chi connectivity index (χ1) is 9.21. The zero-order chi connectivity index (χ0) is 13.8. The molecule has 0 N–H and O–H groups in total. The SMILES string of the molecule is CCOC(=O)/C(C#N)=C1/CC[C@@H]2C[C@@H](OCC)[C@H]1O2. The van der Waals surface area contributed by atoms with E-state index in [9.17, 15) is 10.1 Å². The van der Waals surface area contributed by atoms with E-state index in [2.05, 4.69) is 0 Å². The van der Waals surface area contributed by atoms with Gasteiger partial charge in [0, 0.05) is 13.0 Å². The van der Waals surface area contributed by atoms with Gasteiger partial charge in [-0.15, -0.1) is 0 Å². The summed E-state index contributed by atoms with van der Waals surface area (Å²) in [5, 5.41) is 9.21. The van der Waals surface area contributed by atoms with Crippen LogP contribution in [0.15, 0.2) is 11.1 Å². The molecule has 5 nitrogen and oxygen atoms in total. The van der Waals surface area contributed by atoms with Crippen LogP contribution in [-0.2, 0) is 19.0 Å². The smallest absolute Gasteiger partial charge is 0.348 e. The summed E-state index contributed by atoms with van der Waals surface area (Å²) < 4.78 is 16.4. The predicted octanol–water partition coefficient (Wildman–Crippen LogP) is 1.73. The number of nitrogens with zero attached hydrogens (tertiary/aromatic N) is 1. The van der Waals surface area contributed by atoms with Gasteiger partial charge in [0.15, 0.2) is 0 Å². The number of fused-ring (bicyclic) bond motifs is 2. The molecule has 0 aromatic rings. The quantitative estimate of drug-likeness (QED) is 0.440. The lowest BCUT2D eigenvalue weighted by molar-refractivity contribution is -0.138. The van der Waals surface area contributed by atoms with Crippen LogP contribution in [0.1, 0.15) is 33.1 Å². The summed E-state index contributed by atoms with van der Waals surface area (Å²) in [5.41, 5.74) is 0.838. The molecule has 2 aliphatic rings. The average molecular weight is 265 g/mol. The summed E-state index contributed by atoms with van der Waals surface area (Å²) in [4.78, 5) is 11.8. The van der Waals surface area contributed by atoms with Crippen molar-refractivity contribution in [2.45, 2.75) is 51.4 Å². The molecule has 2 aliphatic heterocycles. The molecule has 2 saturated heterocycles. The van der Waals surface area contributed by atoms with Gasteiger partial charge >= 0.3 is 5.97 Å². The molecule has 2 heterocycles. The van der Waals surface area contributed by atoms with Gasteiger partial charge in [-0.05, 0) is 32.3 Å². The van der Waals surface area contributed by atoms with Gasteiger partial charge in [-0.25, -0.2) is 4.79 Å². The Hall–Kier alpha value is -1.38. The van der Waals surface area contributed by atoms with Crippen LogP contribution >= 0.6 is 0 Å². The number of carbonyl (C=O) groups excluding carboxylic acids is 1. The molecule has 0 aromatic carbocycles. The van der Waals surface area contributed by atoms with Crippen molar-refractivity contribution >= 4 is 5.97 Å². The standard InChI is InChI=1S/C14H19NO4/c1-3-17-12-7-9-5-6-10(13(12)19-9)11(8-15)14(16)18-4-2/h9,12-13H,3-7H2,1-2H3/b11-10-/t9-,12-,13+/m1/s1. The fraction of sp³-hybridized carbons (Fsp3) is 0.714.